The van der Waals surface area contributed by atoms with Gasteiger partial charge in [0.1, 0.15) is 5.82 Å². The van der Waals surface area contributed by atoms with Gasteiger partial charge in [-0.05, 0) is 31.4 Å². The zero-order valence-corrected chi connectivity index (χ0v) is 12.1. The number of aromatic nitrogens is 1. The Balaban J connectivity index is 1.48. The predicted molar refractivity (Wildman–Crippen MR) is 82.8 cm³/mol. The monoisotopic (exact) mass is 286 g/mol. The first kappa shape index (κ1) is 14.1. The standard InChI is InChI=1S/C16H22N4O/c17-13-5-4-12(11-13)16(21)19-14-6-9-20(10-7-14)15-3-1-2-8-18-15/h1-5,8,12-14H,6-7,9-11,17H2,(H,19,21). The van der Waals surface area contributed by atoms with E-state index in [0.717, 1.165) is 38.2 Å². The van der Waals surface area contributed by atoms with E-state index >= 15 is 0 Å². The zero-order chi connectivity index (χ0) is 14.7. The van der Waals surface area contributed by atoms with Crippen molar-refractivity contribution in [3.8, 4) is 0 Å². The minimum absolute atomic E-state index is 0.0340. The van der Waals surface area contributed by atoms with Crippen LogP contribution in [0.1, 0.15) is 19.3 Å². The normalized spacial score (nSPS) is 26.0. The van der Waals surface area contributed by atoms with Crippen LogP contribution >= 0.6 is 0 Å². The number of anilines is 1. The second-order valence-electron chi connectivity index (χ2n) is 5.85. The highest BCUT2D eigenvalue weighted by atomic mass is 16.1. The largest absolute Gasteiger partial charge is 0.356 e. The Hall–Kier alpha value is -1.88. The van der Waals surface area contributed by atoms with Crippen molar-refractivity contribution in [3.05, 3.63) is 36.5 Å². The fourth-order valence-electron chi connectivity index (χ4n) is 3.02. The summed E-state index contributed by atoms with van der Waals surface area (Å²) in [6.07, 6.45) is 8.34. The summed E-state index contributed by atoms with van der Waals surface area (Å²) in [5.41, 5.74) is 5.80. The van der Waals surface area contributed by atoms with Gasteiger partial charge < -0.3 is 16.0 Å². The van der Waals surface area contributed by atoms with Gasteiger partial charge in [0.25, 0.3) is 0 Å². The maximum absolute atomic E-state index is 12.2. The first-order valence-electron chi connectivity index (χ1n) is 7.62. The van der Waals surface area contributed by atoms with E-state index in [9.17, 15) is 4.79 Å². The molecule has 5 heteroatoms. The van der Waals surface area contributed by atoms with Gasteiger partial charge >= 0.3 is 0 Å². The fourth-order valence-corrected chi connectivity index (χ4v) is 3.02. The van der Waals surface area contributed by atoms with Gasteiger partial charge in [-0.15, -0.1) is 0 Å². The van der Waals surface area contributed by atoms with Crippen molar-refractivity contribution in [2.24, 2.45) is 11.7 Å². The van der Waals surface area contributed by atoms with Crippen LogP contribution in [0.5, 0.6) is 0 Å². The quantitative estimate of drug-likeness (QED) is 0.815. The number of pyridine rings is 1. The van der Waals surface area contributed by atoms with E-state index in [2.05, 4.69) is 15.2 Å². The molecular weight excluding hydrogens is 264 g/mol. The van der Waals surface area contributed by atoms with Gasteiger partial charge in [-0.1, -0.05) is 18.2 Å². The van der Waals surface area contributed by atoms with Gasteiger partial charge in [-0.3, -0.25) is 4.79 Å². The molecule has 2 unspecified atom stereocenters. The number of rotatable bonds is 3. The number of piperidine rings is 1. The minimum Gasteiger partial charge on any atom is -0.356 e. The Morgan fingerprint density at radius 2 is 2.10 bits per heavy atom. The summed E-state index contributed by atoms with van der Waals surface area (Å²) in [4.78, 5) is 18.8. The van der Waals surface area contributed by atoms with Crippen LogP contribution in [0.4, 0.5) is 5.82 Å². The van der Waals surface area contributed by atoms with Crippen LogP contribution < -0.4 is 16.0 Å². The molecule has 0 bridgehead atoms. The number of hydrogen-bond donors (Lipinski definition) is 2. The third-order valence-electron chi connectivity index (χ3n) is 4.27. The predicted octanol–water partition coefficient (Wildman–Crippen LogP) is 1.07. The molecule has 1 amide bonds. The van der Waals surface area contributed by atoms with Crippen molar-refractivity contribution in [2.75, 3.05) is 18.0 Å². The molecule has 1 saturated heterocycles. The van der Waals surface area contributed by atoms with E-state index in [0.29, 0.717) is 0 Å². The molecule has 1 aromatic heterocycles. The number of nitrogens with one attached hydrogen (secondary N) is 1. The molecule has 0 aromatic carbocycles. The van der Waals surface area contributed by atoms with Crippen LogP contribution in [-0.4, -0.2) is 36.1 Å². The minimum atomic E-state index is -0.0474. The average molecular weight is 286 g/mol. The smallest absolute Gasteiger partial charge is 0.227 e. The molecule has 0 radical (unpaired) electrons. The van der Waals surface area contributed by atoms with E-state index in [1.807, 2.05) is 36.5 Å². The molecule has 1 aliphatic heterocycles. The fraction of sp³-hybridized carbons (Fsp3) is 0.500. The number of nitrogens with two attached hydrogens (primary N) is 1. The second-order valence-corrected chi connectivity index (χ2v) is 5.85. The molecule has 1 aliphatic carbocycles. The highest BCUT2D eigenvalue weighted by molar-refractivity contribution is 5.81. The van der Waals surface area contributed by atoms with Crippen molar-refractivity contribution >= 4 is 11.7 Å². The van der Waals surface area contributed by atoms with Crippen molar-refractivity contribution in [2.45, 2.75) is 31.3 Å². The van der Waals surface area contributed by atoms with Gasteiger partial charge in [0.05, 0.1) is 5.92 Å². The molecule has 0 saturated carbocycles. The summed E-state index contributed by atoms with van der Waals surface area (Å²) in [5.74, 6) is 1.09. The molecule has 3 rings (SSSR count). The van der Waals surface area contributed by atoms with E-state index in [4.69, 9.17) is 5.73 Å². The Morgan fingerprint density at radius 1 is 1.29 bits per heavy atom. The van der Waals surface area contributed by atoms with Crippen LogP contribution in [-0.2, 0) is 4.79 Å². The van der Waals surface area contributed by atoms with Crippen LogP contribution in [0.15, 0.2) is 36.5 Å². The third kappa shape index (κ3) is 3.42. The average Bonchev–Trinajstić information content (AvgIpc) is 2.96. The lowest BCUT2D eigenvalue weighted by atomic mass is 10.0. The van der Waals surface area contributed by atoms with E-state index < -0.39 is 0 Å². The molecular formula is C16H22N4O. The second kappa shape index (κ2) is 6.26. The summed E-state index contributed by atoms with van der Waals surface area (Å²) < 4.78 is 0. The van der Waals surface area contributed by atoms with Crippen LogP contribution in [0.25, 0.3) is 0 Å². The lowest BCUT2D eigenvalue weighted by Crippen LogP contribution is -2.46. The summed E-state index contributed by atoms with van der Waals surface area (Å²) >= 11 is 0. The number of nitrogens with zero attached hydrogens (tertiary/aromatic N) is 2. The lowest BCUT2D eigenvalue weighted by Gasteiger charge is -2.33. The molecule has 2 atom stereocenters. The Kier molecular flexibility index (Phi) is 4.20. The number of carbonyl (C=O) groups excluding carboxylic acids is 1. The number of amides is 1. The lowest BCUT2D eigenvalue weighted by molar-refractivity contribution is -0.124. The highest BCUT2D eigenvalue weighted by Gasteiger charge is 2.26. The summed E-state index contributed by atoms with van der Waals surface area (Å²) in [6, 6.07) is 6.26. The van der Waals surface area contributed by atoms with Gasteiger partial charge in [-0.25, -0.2) is 4.98 Å². The van der Waals surface area contributed by atoms with Crippen LogP contribution in [0.2, 0.25) is 0 Å². The molecule has 112 valence electrons. The molecule has 2 aliphatic rings. The SMILES string of the molecule is NC1C=CC(C(=O)NC2CCN(c3ccccn3)CC2)C1. The Morgan fingerprint density at radius 3 is 2.71 bits per heavy atom. The van der Waals surface area contributed by atoms with Crippen molar-refractivity contribution in [1.29, 1.82) is 0 Å². The highest BCUT2D eigenvalue weighted by Crippen LogP contribution is 2.20. The molecule has 0 spiro atoms. The maximum Gasteiger partial charge on any atom is 0.227 e. The summed E-state index contributed by atoms with van der Waals surface area (Å²) in [7, 11) is 0. The molecule has 1 fully saturated rings. The Bertz CT molecular complexity index is 508. The summed E-state index contributed by atoms with van der Waals surface area (Å²) in [5, 5.41) is 3.16. The van der Waals surface area contributed by atoms with Crippen LogP contribution in [0, 0.1) is 5.92 Å². The van der Waals surface area contributed by atoms with Gasteiger partial charge in [0.2, 0.25) is 5.91 Å². The molecule has 2 heterocycles. The van der Waals surface area contributed by atoms with Crippen molar-refractivity contribution in [1.82, 2.24) is 10.3 Å². The van der Waals surface area contributed by atoms with Gasteiger partial charge in [0.15, 0.2) is 0 Å². The van der Waals surface area contributed by atoms with E-state index in [-0.39, 0.29) is 23.9 Å². The number of hydrogen-bond acceptors (Lipinski definition) is 4. The van der Waals surface area contributed by atoms with Crippen LogP contribution in [0.3, 0.4) is 0 Å². The Labute approximate surface area is 125 Å². The maximum atomic E-state index is 12.2. The molecule has 5 nitrogen and oxygen atoms in total. The number of carbonyl (C=O) groups is 1. The zero-order valence-electron chi connectivity index (χ0n) is 12.1. The van der Waals surface area contributed by atoms with Crippen molar-refractivity contribution in [3.63, 3.8) is 0 Å². The van der Waals surface area contributed by atoms with E-state index in [1.54, 1.807) is 0 Å². The topological polar surface area (TPSA) is 71.2 Å². The van der Waals surface area contributed by atoms with E-state index in [1.165, 1.54) is 0 Å². The summed E-state index contributed by atoms with van der Waals surface area (Å²) in [6.45, 7) is 1.87. The van der Waals surface area contributed by atoms with Gasteiger partial charge in [-0.2, -0.15) is 0 Å². The van der Waals surface area contributed by atoms with Gasteiger partial charge in [0, 0.05) is 31.4 Å². The molecule has 21 heavy (non-hydrogen) atoms. The van der Waals surface area contributed by atoms with Crippen molar-refractivity contribution < 1.29 is 4.79 Å². The first-order valence-corrected chi connectivity index (χ1v) is 7.62. The first-order chi connectivity index (χ1) is 10.2. The molecule has 3 N–H and O–H groups in total. The molecule has 1 aromatic rings. The third-order valence-corrected chi connectivity index (χ3v) is 4.27.